The first-order chi connectivity index (χ1) is 9.44. The van der Waals surface area contributed by atoms with Crippen molar-refractivity contribution in [3.8, 4) is 0 Å². The van der Waals surface area contributed by atoms with Crippen LogP contribution in [-0.4, -0.2) is 0 Å². The standard InChI is InChI=1S/2C10H15.Cu.Fe/c2*1-7-6-10(4,5)9(3)8(7)2;;/h2*1-5H3;;. The average molecular weight is 390 g/mol. The maximum absolute atomic E-state index is 2.37. The summed E-state index contributed by atoms with van der Waals surface area (Å²) in [5, 5.41) is 0. The molecule has 0 bridgehead atoms. The van der Waals surface area contributed by atoms with Crippen molar-refractivity contribution < 1.29 is 32.0 Å². The van der Waals surface area contributed by atoms with Gasteiger partial charge in [0, 0.05) is 17.1 Å². The molecule has 0 spiro atoms. The number of hydrogen-bond acceptors (Lipinski definition) is 0. The Labute approximate surface area is 154 Å². The minimum atomic E-state index is 0. The first-order valence-corrected chi connectivity index (χ1v) is 8.74. The van der Waals surface area contributed by atoms with E-state index < -0.39 is 0 Å². The summed E-state index contributed by atoms with van der Waals surface area (Å²) in [6.45, 7) is 23.2. The summed E-state index contributed by atoms with van der Waals surface area (Å²) in [4.78, 5) is 0. The van der Waals surface area contributed by atoms with Crippen molar-refractivity contribution in [2.45, 2.75) is 69.2 Å². The van der Waals surface area contributed by atoms with E-state index in [-0.39, 0.29) is 27.9 Å². The molecule has 0 nitrogen and oxygen atoms in total. The third-order valence-electron chi connectivity index (χ3n) is 5.88. The zero-order valence-electron chi connectivity index (χ0n) is 15.7. The van der Waals surface area contributed by atoms with E-state index in [2.05, 4.69) is 84.2 Å². The van der Waals surface area contributed by atoms with Crippen LogP contribution in [0.5, 0.6) is 0 Å². The molecular weight excluding hydrogens is 360 g/mol. The van der Waals surface area contributed by atoms with Crippen molar-refractivity contribution in [3.05, 3.63) is 42.4 Å². The Morgan fingerprint density at radius 1 is 0.545 bits per heavy atom. The molecule has 0 N–H and O–H groups in total. The second kappa shape index (κ2) is 6.14. The zero-order chi connectivity index (χ0) is 16.3. The predicted molar refractivity (Wildman–Crippen MR) is 89.7 cm³/mol. The molecule has 129 valence electrons. The number of allylic oxidation sites excluding steroid dienone is 8. The van der Waals surface area contributed by atoms with Gasteiger partial charge >= 0.3 is 137 Å². The van der Waals surface area contributed by atoms with E-state index in [1.807, 2.05) is 0 Å². The van der Waals surface area contributed by atoms with Crippen LogP contribution in [0.2, 0.25) is 0 Å². The molecular formula is C20H30CuFe. The minimum Gasteiger partial charge on any atom is 0 e. The third-order valence-corrected chi connectivity index (χ3v) is 8.23. The molecule has 0 aromatic rings. The summed E-state index contributed by atoms with van der Waals surface area (Å²) < 4.78 is 3.07. The fraction of sp³-hybridized carbons (Fsp3) is 0.600. The van der Waals surface area contributed by atoms with E-state index in [0.29, 0.717) is 0 Å². The van der Waals surface area contributed by atoms with E-state index >= 15 is 0 Å². The van der Waals surface area contributed by atoms with E-state index in [9.17, 15) is 0 Å². The van der Waals surface area contributed by atoms with Crippen molar-refractivity contribution in [1.82, 2.24) is 0 Å². The van der Waals surface area contributed by atoms with Crippen molar-refractivity contribution in [1.29, 1.82) is 0 Å². The second-order valence-corrected chi connectivity index (χ2v) is 8.80. The van der Waals surface area contributed by atoms with Gasteiger partial charge in [-0.1, -0.05) is 0 Å². The minimum absolute atomic E-state index is 0. The Morgan fingerprint density at radius 2 is 0.818 bits per heavy atom. The Morgan fingerprint density at radius 3 is 1.00 bits per heavy atom. The van der Waals surface area contributed by atoms with E-state index in [1.165, 1.54) is 42.4 Å². The van der Waals surface area contributed by atoms with Crippen molar-refractivity contribution in [2.24, 2.45) is 10.8 Å². The van der Waals surface area contributed by atoms with Crippen LogP contribution in [0.25, 0.3) is 0 Å². The fourth-order valence-corrected chi connectivity index (χ4v) is 5.30. The molecule has 0 aliphatic heterocycles. The van der Waals surface area contributed by atoms with Crippen LogP contribution in [-0.2, 0) is 32.0 Å². The van der Waals surface area contributed by atoms with Crippen LogP contribution >= 0.6 is 0 Å². The van der Waals surface area contributed by atoms with Gasteiger partial charge in [-0.2, -0.15) is 0 Å². The Kier molecular flexibility index (Phi) is 5.59. The van der Waals surface area contributed by atoms with Gasteiger partial charge in [0.15, 0.2) is 0 Å². The monoisotopic (exact) mass is 389 g/mol. The molecule has 0 radical (unpaired) electrons. The fourth-order valence-electron chi connectivity index (χ4n) is 3.42. The van der Waals surface area contributed by atoms with Gasteiger partial charge in [0.25, 0.3) is 0 Å². The average Bonchev–Trinajstić information content (AvgIpc) is 2.63. The molecule has 0 saturated carbocycles. The van der Waals surface area contributed by atoms with Gasteiger partial charge < -0.3 is 0 Å². The van der Waals surface area contributed by atoms with Gasteiger partial charge in [0.05, 0.1) is 0 Å². The molecule has 0 saturated heterocycles. The van der Waals surface area contributed by atoms with Crippen LogP contribution in [0.3, 0.4) is 0 Å². The molecule has 2 rings (SSSR count). The van der Waals surface area contributed by atoms with Crippen LogP contribution in [0.1, 0.15) is 69.2 Å². The SMILES string of the molecule is CC1=C(C)C(C)(C)[C]([Cu][C]2=C(C)C(C)=C(C)C2(C)C)=C1C.[Fe]. The van der Waals surface area contributed by atoms with Crippen LogP contribution in [0, 0.1) is 10.8 Å². The van der Waals surface area contributed by atoms with E-state index in [0.717, 1.165) is 0 Å². The first kappa shape index (κ1) is 20.0. The van der Waals surface area contributed by atoms with Gasteiger partial charge in [0.2, 0.25) is 0 Å². The molecule has 2 aliphatic rings. The molecule has 2 heteroatoms. The van der Waals surface area contributed by atoms with Crippen molar-refractivity contribution in [3.63, 3.8) is 0 Å². The van der Waals surface area contributed by atoms with Crippen LogP contribution < -0.4 is 0 Å². The summed E-state index contributed by atoms with van der Waals surface area (Å²) in [6.07, 6.45) is 0. The van der Waals surface area contributed by atoms with Gasteiger partial charge in [0.1, 0.15) is 0 Å². The smallest absolute Gasteiger partial charge is 0 e. The summed E-state index contributed by atoms with van der Waals surface area (Å²) in [7, 11) is 0. The van der Waals surface area contributed by atoms with E-state index in [4.69, 9.17) is 0 Å². The van der Waals surface area contributed by atoms with Crippen molar-refractivity contribution >= 4 is 0 Å². The van der Waals surface area contributed by atoms with Gasteiger partial charge in [-0.15, -0.1) is 0 Å². The maximum atomic E-state index is 2.37. The van der Waals surface area contributed by atoms with Gasteiger partial charge in [-0.25, -0.2) is 0 Å². The van der Waals surface area contributed by atoms with Crippen LogP contribution in [0.15, 0.2) is 42.4 Å². The molecule has 0 heterocycles. The zero-order valence-corrected chi connectivity index (χ0v) is 17.7. The Hall–Kier alpha value is -0.00104. The van der Waals surface area contributed by atoms with Crippen molar-refractivity contribution in [2.75, 3.05) is 0 Å². The molecule has 0 aromatic heterocycles. The Balaban J connectivity index is 0.00000242. The Bertz CT molecular complexity index is 581. The first-order valence-electron chi connectivity index (χ1n) is 7.80. The molecule has 0 aromatic carbocycles. The molecule has 0 atom stereocenters. The normalized spacial score (nSPS) is 23.9. The van der Waals surface area contributed by atoms with Crippen LogP contribution in [0.4, 0.5) is 0 Å². The largest absolute Gasteiger partial charge is 0 e. The summed E-state index contributed by atoms with van der Waals surface area (Å²) in [5.74, 6) is 0. The third kappa shape index (κ3) is 2.67. The predicted octanol–water partition coefficient (Wildman–Crippen LogP) is 6.37. The molecule has 0 fully saturated rings. The summed E-state index contributed by atoms with van der Waals surface area (Å²) in [5.41, 5.74) is 9.31. The van der Waals surface area contributed by atoms with Gasteiger partial charge in [-0.05, 0) is 0 Å². The van der Waals surface area contributed by atoms with E-state index in [1.54, 1.807) is 0 Å². The molecule has 0 unspecified atom stereocenters. The molecule has 0 amide bonds. The number of hydrogen-bond donors (Lipinski definition) is 0. The van der Waals surface area contributed by atoms with Gasteiger partial charge in [-0.3, -0.25) is 0 Å². The summed E-state index contributed by atoms with van der Waals surface area (Å²) >= 11 is 2.15. The molecule has 22 heavy (non-hydrogen) atoms. The second-order valence-electron chi connectivity index (χ2n) is 7.63. The quantitative estimate of drug-likeness (QED) is 0.481. The summed E-state index contributed by atoms with van der Waals surface area (Å²) in [6, 6.07) is 0. The maximum Gasteiger partial charge on any atom is 0 e. The topological polar surface area (TPSA) is 0 Å². The molecule has 2 aliphatic carbocycles. The number of rotatable bonds is 2.